The Hall–Kier alpha value is -2.23. The van der Waals surface area contributed by atoms with Crippen LogP contribution in [0.2, 0.25) is 0 Å². The second kappa shape index (κ2) is 4.33. The monoisotopic (exact) mass is 231 g/mol. The molecule has 17 heavy (non-hydrogen) atoms. The second-order valence-electron chi connectivity index (χ2n) is 3.85. The lowest BCUT2D eigenvalue weighted by Gasteiger charge is -2.06. The zero-order valence-corrected chi connectivity index (χ0v) is 9.43. The van der Waals surface area contributed by atoms with E-state index < -0.39 is 0 Å². The number of carbonyl (C=O) groups excluding carboxylic acids is 1. The first-order valence-electron chi connectivity index (χ1n) is 5.18. The van der Waals surface area contributed by atoms with Gasteiger partial charge in [0.15, 0.2) is 0 Å². The Bertz CT molecular complexity index is 578. The summed E-state index contributed by atoms with van der Waals surface area (Å²) in [6, 6.07) is 8.66. The predicted molar refractivity (Wildman–Crippen MR) is 65.7 cm³/mol. The molecule has 0 aliphatic carbocycles. The molecule has 0 fully saturated rings. The van der Waals surface area contributed by atoms with Crippen molar-refractivity contribution in [1.82, 2.24) is 0 Å². The van der Waals surface area contributed by atoms with Crippen molar-refractivity contribution in [3.8, 4) is 5.75 Å². The molecule has 3 N–H and O–H groups in total. The molecule has 4 nitrogen and oxygen atoms in total. The largest absolute Gasteiger partial charge is 0.507 e. The van der Waals surface area contributed by atoms with E-state index in [1.54, 1.807) is 18.2 Å². The van der Waals surface area contributed by atoms with Crippen LogP contribution < -0.4 is 5.73 Å². The first-order chi connectivity index (χ1) is 8.10. The van der Waals surface area contributed by atoms with E-state index in [4.69, 9.17) is 5.73 Å². The van der Waals surface area contributed by atoms with E-state index in [1.165, 1.54) is 7.11 Å². The number of benzene rings is 2. The van der Waals surface area contributed by atoms with Crippen LogP contribution in [0.1, 0.15) is 5.56 Å². The van der Waals surface area contributed by atoms with Crippen molar-refractivity contribution in [3.05, 3.63) is 35.9 Å². The van der Waals surface area contributed by atoms with Crippen LogP contribution in [-0.4, -0.2) is 18.2 Å². The van der Waals surface area contributed by atoms with Crippen molar-refractivity contribution >= 4 is 22.4 Å². The molecule has 2 aromatic carbocycles. The lowest BCUT2D eigenvalue weighted by molar-refractivity contribution is -0.139. The predicted octanol–water partition coefficient (Wildman–Crippen LogP) is 1.84. The Kier molecular flexibility index (Phi) is 2.87. The average molecular weight is 231 g/mol. The molecule has 0 amide bonds. The van der Waals surface area contributed by atoms with Crippen molar-refractivity contribution in [2.75, 3.05) is 12.8 Å². The number of aromatic hydroxyl groups is 1. The summed E-state index contributed by atoms with van der Waals surface area (Å²) in [4.78, 5) is 11.2. The topological polar surface area (TPSA) is 72.5 Å². The van der Waals surface area contributed by atoms with Gasteiger partial charge < -0.3 is 15.6 Å². The summed E-state index contributed by atoms with van der Waals surface area (Å²) >= 11 is 0. The molecule has 0 aliphatic rings. The van der Waals surface area contributed by atoms with Gasteiger partial charge in [-0.25, -0.2) is 0 Å². The number of ether oxygens (including phenoxy) is 1. The SMILES string of the molecule is COC(=O)Cc1cc(O)c2cc(N)ccc2c1. The van der Waals surface area contributed by atoms with Crippen LogP contribution >= 0.6 is 0 Å². The Morgan fingerprint density at radius 1 is 1.35 bits per heavy atom. The number of nitrogens with two attached hydrogens (primary N) is 1. The van der Waals surface area contributed by atoms with Crippen molar-refractivity contribution in [2.24, 2.45) is 0 Å². The van der Waals surface area contributed by atoms with Gasteiger partial charge in [0.05, 0.1) is 13.5 Å². The lowest BCUT2D eigenvalue weighted by Crippen LogP contribution is -2.04. The number of fused-ring (bicyclic) bond motifs is 1. The summed E-state index contributed by atoms with van der Waals surface area (Å²) in [6.45, 7) is 0. The highest BCUT2D eigenvalue weighted by Gasteiger charge is 2.07. The number of nitrogen functional groups attached to an aromatic ring is 1. The fourth-order valence-electron chi connectivity index (χ4n) is 1.76. The minimum Gasteiger partial charge on any atom is -0.507 e. The molecular weight excluding hydrogens is 218 g/mol. The van der Waals surface area contributed by atoms with Crippen LogP contribution in [0, 0.1) is 0 Å². The van der Waals surface area contributed by atoms with Crippen molar-refractivity contribution in [3.63, 3.8) is 0 Å². The van der Waals surface area contributed by atoms with Gasteiger partial charge in [-0.2, -0.15) is 0 Å². The van der Waals surface area contributed by atoms with E-state index in [9.17, 15) is 9.90 Å². The lowest BCUT2D eigenvalue weighted by atomic mass is 10.0. The molecular formula is C13H13NO3. The molecule has 0 saturated carbocycles. The van der Waals surface area contributed by atoms with Gasteiger partial charge in [-0.3, -0.25) is 4.79 Å². The smallest absolute Gasteiger partial charge is 0.309 e. The number of carbonyl (C=O) groups is 1. The minimum absolute atomic E-state index is 0.119. The molecule has 0 unspecified atom stereocenters. The third-order valence-corrected chi connectivity index (χ3v) is 2.59. The zero-order chi connectivity index (χ0) is 12.4. The molecule has 2 aromatic rings. The van der Waals surface area contributed by atoms with E-state index >= 15 is 0 Å². The highest BCUT2D eigenvalue weighted by atomic mass is 16.5. The first-order valence-corrected chi connectivity index (χ1v) is 5.18. The molecule has 0 aromatic heterocycles. The van der Waals surface area contributed by atoms with Crippen molar-refractivity contribution in [1.29, 1.82) is 0 Å². The highest BCUT2D eigenvalue weighted by molar-refractivity contribution is 5.91. The number of phenolic OH excluding ortho intramolecular Hbond substituents is 1. The van der Waals surface area contributed by atoms with Crippen molar-refractivity contribution in [2.45, 2.75) is 6.42 Å². The summed E-state index contributed by atoms with van der Waals surface area (Å²) < 4.78 is 4.58. The van der Waals surface area contributed by atoms with Crippen LogP contribution in [0.15, 0.2) is 30.3 Å². The highest BCUT2D eigenvalue weighted by Crippen LogP contribution is 2.28. The van der Waals surface area contributed by atoms with E-state index in [2.05, 4.69) is 4.74 Å². The van der Waals surface area contributed by atoms with Gasteiger partial charge >= 0.3 is 5.97 Å². The summed E-state index contributed by atoms with van der Waals surface area (Å²) in [5, 5.41) is 11.4. The number of hydrogen-bond donors (Lipinski definition) is 2. The molecule has 0 heterocycles. The van der Waals surface area contributed by atoms with Gasteiger partial charge in [-0.05, 0) is 29.1 Å². The fraction of sp³-hybridized carbons (Fsp3) is 0.154. The maximum Gasteiger partial charge on any atom is 0.309 e. The number of rotatable bonds is 2. The quantitative estimate of drug-likeness (QED) is 0.611. The summed E-state index contributed by atoms with van der Waals surface area (Å²) in [7, 11) is 1.34. The molecule has 0 aliphatic heterocycles. The zero-order valence-electron chi connectivity index (χ0n) is 9.43. The summed E-state index contributed by atoms with van der Waals surface area (Å²) in [5.41, 5.74) is 6.95. The molecule has 0 bridgehead atoms. The summed E-state index contributed by atoms with van der Waals surface area (Å²) in [5.74, 6) is -0.215. The van der Waals surface area contributed by atoms with Gasteiger partial charge in [0.1, 0.15) is 5.75 Å². The Labute approximate surface area is 98.6 Å². The van der Waals surface area contributed by atoms with Gasteiger partial charge in [-0.15, -0.1) is 0 Å². The molecule has 0 radical (unpaired) electrons. The van der Waals surface area contributed by atoms with Gasteiger partial charge in [-0.1, -0.05) is 12.1 Å². The van der Waals surface area contributed by atoms with Crippen molar-refractivity contribution < 1.29 is 14.6 Å². The third-order valence-electron chi connectivity index (χ3n) is 2.59. The Morgan fingerprint density at radius 2 is 2.12 bits per heavy atom. The van der Waals surface area contributed by atoms with Crippen LogP contribution in [0.5, 0.6) is 5.75 Å². The van der Waals surface area contributed by atoms with Crippen LogP contribution in [0.25, 0.3) is 10.8 Å². The normalized spacial score (nSPS) is 10.4. The molecule has 0 saturated heterocycles. The Morgan fingerprint density at radius 3 is 2.82 bits per heavy atom. The number of phenols is 1. The summed E-state index contributed by atoms with van der Waals surface area (Å²) in [6.07, 6.45) is 0.143. The first kappa shape index (κ1) is 11.3. The number of esters is 1. The number of hydrogen-bond acceptors (Lipinski definition) is 4. The van der Waals surface area contributed by atoms with Crippen LogP contribution in [-0.2, 0) is 16.0 Å². The van der Waals surface area contributed by atoms with Gasteiger partial charge in [0.25, 0.3) is 0 Å². The number of anilines is 1. The van der Waals surface area contributed by atoms with E-state index in [0.29, 0.717) is 16.6 Å². The fourth-order valence-corrected chi connectivity index (χ4v) is 1.76. The Balaban J connectivity index is 2.48. The number of methoxy groups -OCH3 is 1. The molecule has 4 heteroatoms. The van der Waals surface area contributed by atoms with Crippen LogP contribution in [0.3, 0.4) is 0 Å². The van der Waals surface area contributed by atoms with E-state index in [1.807, 2.05) is 12.1 Å². The van der Waals surface area contributed by atoms with Crippen LogP contribution in [0.4, 0.5) is 5.69 Å². The second-order valence-corrected chi connectivity index (χ2v) is 3.85. The maximum absolute atomic E-state index is 11.2. The average Bonchev–Trinajstić information content (AvgIpc) is 2.30. The molecule has 2 rings (SSSR count). The van der Waals surface area contributed by atoms with E-state index in [0.717, 1.165) is 5.39 Å². The molecule has 0 spiro atoms. The van der Waals surface area contributed by atoms with Gasteiger partial charge in [0, 0.05) is 11.1 Å². The third kappa shape index (κ3) is 2.30. The minimum atomic E-state index is -0.334. The maximum atomic E-state index is 11.2. The molecule has 0 atom stereocenters. The van der Waals surface area contributed by atoms with E-state index in [-0.39, 0.29) is 18.1 Å². The molecule has 88 valence electrons. The van der Waals surface area contributed by atoms with Gasteiger partial charge in [0.2, 0.25) is 0 Å². The standard InChI is InChI=1S/C13H13NO3/c1-17-13(16)6-8-4-9-2-3-10(14)7-11(9)12(15)5-8/h2-5,7,15H,6,14H2,1H3.